The number of hydrogen-bond donors (Lipinski definition) is 1. The van der Waals surface area contributed by atoms with Gasteiger partial charge in [0.25, 0.3) is 0 Å². The van der Waals surface area contributed by atoms with Gasteiger partial charge in [0.15, 0.2) is 0 Å². The van der Waals surface area contributed by atoms with Crippen LogP contribution in [-0.4, -0.2) is 15.0 Å². The highest BCUT2D eigenvalue weighted by Crippen LogP contribution is 2.25. The Morgan fingerprint density at radius 3 is 2.92 bits per heavy atom. The first-order chi connectivity index (χ1) is 5.70. The molecule has 0 aliphatic rings. The van der Waals surface area contributed by atoms with Crippen molar-refractivity contribution in [1.29, 1.82) is 0 Å². The average Bonchev–Trinajstić information content (AvgIpc) is 2.42. The number of rotatable bonds is 0. The van der Waals surface area contributed by atoms with E-state index in [4.69, 9.17) is 5.73 Å². The zero-order valence-corrected chi connectivity index (χ0v) is 8.04. The van der Waals surface area contributed by atoms with E-state index in [-0.39, 0.29) is 0 Å². The SMILES string of the molecule is Cn1nnc2c(N)ccc(Br)c21. The van der Waals surface area contributed by atoms with E-state index in [1.165, 1.54) is 0 Å². The van der Waals surface area contributed by atoms with Crippen molar-refractivity contribution >= 4 is 32.7 Å². The van der Waals surface area contributed by atoms with Crippen LogP contribution in [0.5, 0.6) is 0 Å². The molecule has 0 spiro atoms. The first-order valence-corrected chi connectivity index (χ1v) is 4.23. The van der Waals surface area contributed by atoms with Gasteiger partial charge in [-0.25, -0.2) is 4.68 Å². The minimum atomic E-state index is 0.654. The maximum absolute atomic E-state index is 5.70. The van der Waals surface area contributed by atoms with E-state index >= 15 is 0 Å². The van der Waals surface area contributed by atoms with Crippen LogP contribution in [0.2, 0.25) is 0 Å². The molecular formula is C7H7BrN4. The standard InChI is InChI=1S/C7H7BrN4/c1-12-7-4(8)2-3-5(9)6(7)10-11-12/h2-3H,9H2,1H3. The minimum absolute atomic E-state index is 0.654. The molecule has 2 N–H and O–H groups in total. The maximum Gasteiger partial charge on any atom is 0.137 e. The summed E-state index contributed by atoms with van der Waals surface area (Å²) in [5, 5.41) is 7.81. The van der Waals surface area contributed by atoms with Gasteiger partial charge in [-0.2, -0.15) is 0 Å². The molecule has 0 unspecified atom stereocenters. The molecule has 12 heavy (non-hydrogen) atoms. The van der Waals surface area contributed by atoms with Crippen molar-refractivity contribution in [3.05, 3.63) is 16.6 Å². The van der Waals surface area contributed by atoms with E-state index in [2.05, 4.69) is 26.2 Å². The Bertz CT molecular complexity index is 434. The zero-order valence-electron chi connectivity index (χ0n) is 6.45. The second-order valence-electron chi connectivity index (χ2n) is 2.55. The first kappa shape index (κ1) is 7.54. The molecule has 0 aliphatic heterocycles. The molecule has 0 aliphatic carbocycles. The summed E-state index contributed by atoms with van der Waals surface area (Å²) in [4.78, 5) is 0. The van der Waals surface area contributed by atoms with Crippen molar-refractivity contribution in [1.82, 2.24) is 15.0 Å². The second kappa shape index (κ2) is 2.45. The topological polar surface area (TPSA) is 56.7 Å². The van der Waals surface area contributed by atoms with Crippen LogP contribution < -0.4 is 5.73 Å². The summed E-state index contributed by atoms with van der Waals surface area (Å²) in [5.41, 5.74) is 8.02. The van der Waals surface area contributed by atoms with Gasteiger partial charge in [0, 0.05) is 11.5 Å². The number of nitrogens with two attached hydrogens (primary N) is 1. The molecular weight excluding hydrogens is 220 g/mol. The van der Waals surface area contributed by atoms with Gasteiger partial charge >= 0.3 is 0 Å². The Labute approximate surface area is 77.5 Å². The highest BCUT2D eigenvalue weighted by atomic mass is 79.9. The summed E-state index contributed by atoms with van der Waals surface area (Å²) in [6, 6.07) is 3.70. The van der Waals surface area contributed by atoms with Crippen LogP contribution in [0.3, 0.4) is 0 Å². The Balaban J connectivity index is 2.98. The number of anilines is 1. The summed E-state index contributed by atoms with van der Waals surface area (Å²) in [6.45, 7) is 0. The van der Waals surface area contributed by atoms with Crippen molar-refractivity contribution < 1.29 is 0 Å². The molecule has 0 bridgehead atoms. The molecule has 0 saturated carbocycles. The van der Waals surface area contributed by atoms with Gasteiger partial charge in [-0.15, -0.1) is 5.10 Å². The van der Waals surface area contributed by atoms with Gasteiger partial charge in [0.05, 0.1) is 5.69 Å². The Morgan fingerprint density at radius 2 is 2.25 bits per heavy atom. The number of halogens is 1. The molecule has 2 aromatic rings. The largest absolute Gasteiger partial charge is 0.397 e. The number of hydrogen-bond acceptors (Lipinski definition) is 3. The fourth-order valence-corrected chi connectivity index (χ4v) is 1.72. The predicted octanol–water partition coefficient (Wildman–Crippen LogP) is 1.31. The van der Waals surface area contributed by atoms with Crippen LogP contribution in [0.25, 0.3) is 11.0 Å². The summed E-state index contributed by atoms with van der Waals surface area (Å²) >= 11 is 3.40. The lowest BCUT2D eigenvalue weighted by molar-refractivity contribution is 0.735. The molecule has 0 radical (unpaired) electrons. The zero-order chi connectivity index (χ0) is 8.72. The predicted molar refractivity (Wildman–Crippen MR) is 50.6 cm³/mol. The molecule has 1 heterocycles. The molecule has 62 valence electrons. The van der Waals surface area contributed by atoms with Gasteiger partial charge in [-0.05, 0) is 28.1 Å². The second-order valence-corrected chi connectivity index (χ2v) is 3.40. The summed E-state index contributed by atoms with van der Waals surface area (Å²) in [7, 11) is 1.83. The van der Waals surface area contributed by atoms with Crippen LogP contribution >= 0.6 is 15.9 Å². The number of aromatic nitrogens is 3. The lowest BCUT2D eigenvalue weighted by Crippen LogP contribution is -1.91. The normalized spacial score (nSPS) is 10.8. The molecule has 0 atom stereocenters. The van der Waals surface area contributed by atoms with Gasteiger partial charge in [-0.1, -0.05) is 5.21 Å². The monoisotopic (exact) mass is 226 g/mol. The molecule has 5 heteroatoms. The van der Waals surface area contributed by atoms with Crippen LogP contribution in [0.1, 0.15) is 0 Å². The molecule has 0 saturated heterocycles. The van der Waals surface area contributed by atoms with Crippen molar-refractivity contribution in [2.75, 3.05) is 5.73 Å². The van der Waals surface area contributed by atoms with Crippen LogP contribution in [0.4, 0.5) is 5.69 Å². The number of benzene rings is 1. The van der Waals surface area contributed by atoms with Crippen molar-refractivity contribution in [3.63, 3.8) is 0 Å². The Morgan fingerprint density at radius 1 is 1.50 bits per heavy atom. The van der Waals surface area contributed by atoms with Crippen molar-refractivity contribution in [2.24, 2.45) is 7.05 Å². The fourth-order valence-electron chi connectivity index (χ4n) is 1.14. The number of fused-ring (bicyclic) bond motifs is 1. The minimum Gasteiger partial charge on any atom is -0.397 e. The van der Waals surface area contributed by atoms with E-state index in [1.54, 1.807) is 10.7 Å². The third kappa shape index (κ3) is 0.896. The summed E-state index contributed by atoms with van der Waals surface area (Å²) in [6.07, 6.45) is 0. The van der Waals surface area contributed by atoms with Crippen LogP contribution in [0, 0.1) is 0 Å². The summed E-state index contributed by atoms with van der Waals surface area (Å²) < 4.78 is 2.65. The third-order valence-electron chi connectivity index (χ3n) is 1.74. The molecule has 1 aromatic carbocycles. The maximum atomic E-state index is 5.70. The van der Waals surface area contributed by atoms with Gasteiger partial charge in [0.1, 0.15) is 11.0 Å². The third-order valence-corrected chi connectivity index (χ3v) is 2.38. The van der Waals surface area contributed by atoms with E-state index in [1.807, 2.05) is 13.1 Å². The van der Waals surface area contributed by atoms with Crippen molar-refractivity contribution in [2.45, 2.75) is 0 Å². The summed E-state index contributed by atoms with van der Waals surface area (Å²) in [5.74, 6) is 0. The average molecular weight is 227 g/mol. The van der Waals surface area contributed by atoms with Crippen molar-refractivity contribution in [3.8, 4) is 0 Å². The Hall–Kier alpha value is -1.10. The van der Waals surface area contributed by atoms with Gasteiger partial charge < -0.3 is 5.73 Å². The molecule has 0 amide bonds. The molecule has 1 aromatic heterocycles. The van der Waals surface area contributed by atoms with E-state index in [0.29, 0.717) is 5.69 Å². The highest BCUT2D eigenvalue weighted by molar-refractivity contribution is 9.10. The number of aryl methyl sites for hydroxylation is 1. The van der Waals surface area contributed by atoms with E-state index in [9.17, 15) is 0 Å². The Kier molecular flexibility index (Phi) is 1.54. The smallest absolute Gasteiger partial charge is 0.137 e. The molecule has 2 rings (SSSR count). The van der Waals surface area contributed by atoms with E-state index in [0.717, 1.165) is 15.5 Å². The van der Waals surface area contributed by atoms with Gasteiger partial charge in [0.2, 0.25) is 0 Å². The number of nitrogen functional groups attached to an aromatic ring is 1. The van der Waals surface area contributed by atoms with Gasteiger partial charge in [-0.3, -0.25) is 0 Å². The number of nitrogens with zero attached hydrogens (tertiary/aromatic N) is 3. The lowest BCUT2D eigenvalue weighted by atomic mass is 10.3. The van der Waals surface area contributed by atoms with E-state index < -0.39 is 0 Å². The molecule has 4 nitrogen and oxygen atoms in total. The highest BCUT2D eigenvalue weighted by Gasteiger charge is 2.07. The van der Waals surface area contributed by atoms with Crippen LogP contribution in [-0.2, 0) is 7.05 Å². The fraction of sp³-hybridized carbons (Fsp3) is 0.143. The van der Waals surface area contributed by atoms with Crippen LogP contribution in [0.15, 0.2) is 16.6 Å². The molecule has 0 fully saturated rings. The quantitative estimate of drug-likeness (QED) is 0.690. The first-order valence-electron chi connectivity index (χ1n) is 3.43. The lowest BCUT2D eigenvalue weighted by Gasteiger charge is -1.97.